The number of likely N-dealkylation sites (tertiary alicyclic amines) is 1. The smallest absolute Gasteiger partial charge is 0.252 e. The molecule has 1 N–H and O–H groups in total. The van der Waals surface area contributed by atoms with Crippen LogP contribution in [0.4, 0.5) is 0 Å². The van der Waals surface area contributed by atoms with E-state index in [2.05, 4.69) is 20.2 Å². The quantitative estimate of drug-likeness (QED) is 0.636. The van der Waals surface area contributed by atoms with Gasteiger partial charge in [0.15, 0.2) is 11.5 Å². The van der Waals surface area contributed by atoms with Gasteiger partial charge in [0.25, 0.3) is 5.56 Å². The van der Waals surface area contributed by atoms with Crippen molar-refractivity contribution < 1.29 is 9.47 Å². The lowest BCUT2D eigenvalue weighted by atomic mass is 9.98. The number of nitrogens with zero attached hydrogens (tertiary/aromatic N) is 4. The molecule has 2 aliphatic heterocycles. The van der Waals surface area contributed by atoms with Gasteiger partial charge in [-0.1, -0.05) is 0 Å². The van der Waals surface area contributed by atoms with Crippen LogP contribution in [0.25, 0.3) is 11.0 Å². The van der Waals surface area contributed by atoms with Crippen LogP contribution in [-0.4, -0.2) is 52.3 Å². The average molecular weight is 436 g/mol. The number of nitrogens with one attached hydrogen (secondary N) is 1. The Labute approximate surface area is 187 Å². The predicted octanol–water partition coefficient (Wildman–Crippen LogP) is 2.33. The Bertz CT molecular complexity index is 1160. The summed E-state index contributed by atoms with van der Waals surface area (Å²) in [5.74, 6) is 2.03. The van der Waals surface area contributed by atoms with Gasteiger partial charge in [0.1, 0.15) is 13.2 Å². The maximum absolute atomic E-state index is 12.6. The maximum atomic E-state index is 12.6. The number of aryl methyl sites for hydroxylation is 1. The van der Waals surface area contributed by atoms with Crippen molar-refractivity contribution in [1.82, 2.24) is 24.8 Å². The minimum atomic E-state index is 0.0230. The zero-order chi connectivity index (χ0) is 21.9. The zero-order valence-corrected chi connectivity index (χ0v) is 18.4. The van der Waals surface area contributed by atoms with Crippen LogP contribution < -0.4 is 20.3 Å². The summed E-state index contributed by atoms with van der Waals surface area (Å²) in [6.07, 6.45) is 5.90. The van der Waals surface area contributed by atoms with Gasteiger partial charge in [-0.2, -0.15) is 0 Å². The molecule has 3 aromatic rings. The number of aromatic nitrogens is 3. The van der Waals surface area contributed by atoms with E-state index in [9.17, 15) is 4.79 Å². The third-order valence-electron chi connectivity index (χ3n) is 6.15. The third kappa shape index (κ3) is 4.61. The first-order chi connectivity index (χ1) is 15.7. The van der Waals surface area contributed by atoms with Crippen LogP contribution in [0.15, 0.2) is 41.5 Å². The SMILES string of the molecule is Cc1cnc2ccc(=O)n(CN3CCCC(CNCc4cc5c(cn4)OCCO5)C3)c2c1. The lowest BCUT2D eigenvalue weighted by molar-refractivity contribution is 0.137. The lowest BCUT2D eigenvalue weighted by Gasteiger charge is -2.33. The molecule has 2 aliphatic rings. The fourth-order valence-electron chi connectivity index (χ4n) is 4.55. The average Bonchev–Trinajstić information content (AvgIpc) is 2.81. The Morgan fingerprint density at radius 2 is 2.00 bits per heavy atom. The van der Waals surface area contributed by atoms with E-state index in [0.29, 0.717) is 32.3 Å². The maximum Gasteiger partial charge on any atom is 0.252 e. The number of fused-ring (bicyclic) bond motifs is 2. The van der Waals surface area contributed by atoms with Gasteiger partial charge in [0.2, 0.25) is 0 Å². The van der Waals surface area contributed by atoms with Crippen LogP contribution in [0.1, 0.15) is 24.1 Å². The van der Waals surface area contributed by atoms with E-state index >= 15 is 0 Å². The molecule has 32 heavy (non-hydrogen) atoms. The first-order valence-electron chi connectivity index (χ1n) is 11.3. The zero-order valence-electron chi connectivity index (χ0n) is 18.4. The largest absolute Gasteiger partial charge is 0.486 e. The molecule has 5 rings (SSSR count). The lowest BCUT2D eigenvalue weighted by Crippen LogP contribution is -2.42. The van der Waals surface area contributed by atoms with Crippen molar-refractivity contribution in [3.8, 4) is 11.5 Å². The summed E-state index contributed by atoms with van der Waals surface area (Å²) in [5, 5.41) is 3.55. The number of ether oxygens (including phenoxy) is 2. The number of pyridine rings is 3. The molecule has 8 heteroatoms. The molecule has 0 aliphatic carbocycles. The van der Waals surface area contributed by atoms with Crippen molar-refractivity contribution in [3.05, 3.63) is 58.3 Å². The minimum absolute atomic E-state index is 0.0230. The first kappa shape index (κ1) is 20.9. The topological polar surface area (TPSA) is 81.5 Å². The summed E-state index contributed by atoms with van der Waals surface area (Å²) in [6, 6.07) is 7.43. The molecule has 1 saturated heterocycles. The van der Waals surface area contributed by atoms with Crippen LogP contribution in [0.2, 0.25) is 0 Å². The molecule has 0 bridgehead atoms. The molecule has 168 valence electrons. The Hall–Kier alpha value is -2.97. The highest BCUT2D eigenvalue weighted by molar-refractivity contribution is 5.74. The fraction of sp³-hybridized carbons (Fsp3) is 0.458. The van der Waals surface area contributed by atoms with Crippen LogP contribution in [0, 0.1) is 12.8 Å². The van der Waals surface area contributed by atoms with E-state index < -0.39 is 0 Å². The van der Waals surface area contributed by atoms with Crippen molar-refractivity contribution in [2.45, 2.75) is 33.0 Å². The van der Waals surface area contributed by atoms with Gasteiger partial charge in [-0.3, -0.25) is 24.2 Å². The monoisotopic (exact) mass is 435 g/mol. The third-order valence-corrected chi connectivity index (χ3v) is 6.15. The van der Waals surface area contributed by atoms with Gasteiger partial charge in [0.05, 0.1) is 29.6 Å². The molecule has 0 amide bonds. The Morgan fingerprint density at radius 1 is 1.12 bits per heavy atom. The summed E-state index contributed by atoms with van der Waals surface area (Å²) in [4.78, 5) is 23.9. The highest BCUT2D eigenvalue weighted by Crippen LogP contribution is 2.29. The van der Waals surface area contributed by atoms with E-state index in [1.807, 2.05) is 35.9 Å². The predicted molar refractivity (Wildman–Crippen MR) is 122 cm³/mol. The normalized spacial score (nSPS) is 18.7. The van der Waals surface area contributed by atoms with Crippen molar-refractivity contribution in [2.24, 2.45) is 5.92 Å². The molecule has 0 aromatic carbocycles. The second kappa shape index (κ2) is 9.26. The second-order valence-corrected chi connectivity index (χ2v) is 8.69. The first-order valence-corrected chi connectivity index (χ1v) is 11.3. The summed E-state index contributed by atoms with van der Waals surface area (Å²) < 4.78 is 13.0. The van der Waals surface area contributed by atoms with Crippen molar-refractivity contribution in [3.63, 3.8) is 0 Å². The van der Waals surface area contributed by atoms with E-state index in [-0.39, 0.29) is 5.56 Å². The van der Waals surface area contributed by atoms with E-state index in [4.69, 9.17) is 9.47 Å². The highest BCUT2D eigenvalue weighted by Gasteiger charge is 2.21. The molecule has 0 saturated carbocycles. The number of hydrogen-bond donors (Lipinski definition) is 1. The molecule has 5 heterocycles. The van der Waals surface area contributed by atoms with E-state index in [0.717, 1.165) is 59.8 Å². The van der Waals surface area contributed by atoms with Gasteiger partial charge < -0.3 is 14.8 Å². The summed E-state index contributed by atoms with van der Waals surface area (Å²) in [7, 11) is 0. The number of hydrogen-bond acceptors (Lipinski definition) is 7. The molecule has 1 fully saturated rings. The van der Waals surface area contributed by atoms with E-state index in [1.165, 1.54) is 6.42 Å². The summed E-state index contributed by atoms with van der Waals surface area (Å²) >= 11 is 0. The fourth-order valence-corrected chi connectivity index (χ4v) is 4.55. The minimum Gasteiger partial charge on any atom is -0.486 e. The molecule has 0 spiro atoms. The molecule has 0 radical (unpaired) electrons. The van der Waals surface area contributed by atoms with Crippen LogP contribution in [0.3, 0.4) is 0 Å². The van der Waals surface area contributed by atoms with Crippen LogP contribution in [0.5, 0.6) is 11.5 Å². The Kier molecular flexibility index (Phi) is 6.05. The van der Waals surface area contributed by atoms with Crippen molar-refractivity contribution in [1.29, 1.82) is 0 Å². The molecule has 1 unspecified atom stereocenters. The Balaban J connectivity index is 1.19. The van der Waals surface area contributed by atoms with Gasteiger partial charge in [0, 0.05) is 31.4 Å². The Morgan fingerprint density at radius 3 is 2.91 bits per heavy atom. The standard InChI is InChI=1S/C24H29N5O3/c1-17-9-21-20(27-11-17)4-5-24(30)29(21)16-28-6-2-3-18(15-28)12-25-13-19-10-22-23(14-26-19)32-8-7-31-22/h4-5,9-11,14,18,25H,2-3,6-8,12-13,15-16H2,1H3. The molecule has 3 aromatic heterocycles. The molecular weight excluding hydrogens is 406 g/mol. The molecule has 1 atom stereocenters. The number of piperidine rings is 1. The summed E-state index contributed by atoms with van der Waals surface area (Å²) in [5.41, 5.74) is 3.80. The molecule has 8 nitrogen and oxygen atoms in total. The van der Waals surface area contributed by atoms with Gasteiger partial charge in [-0.25, -0.2) is 0 Å². The number of rotatable bonds is 6. The molecular formula is C24H29N5O3. The van der Waals surface area contributed by atoms with Crippen molar-refractivity contribution in [2.75, 3.05) is 32.8 Å². The van der Waals surface area contributed by atoms with Gasteiger partial charge in [-0.05, 0) is 56.5 Å². The van der Waals surface area contributed by atoms with Gasteiger partial charge in [-0.15, -0.1) is 0 Å². The van der Waals surface area contributed by atoms with E-state index in [1.54, 1.807) is 12.3 Å². The highest BCUT2D eigenvalue weighted by atomic mass is 16.6. The van der Waals surface area contributed by atoms with Crippen LogP contribution >= 0.6 is 0 Å². The van der Waals surface area contributed by atoms with Crippen LogP contribution in [-0.2, 0) is 13.2 Å². The second-order valence-electron chi connectivity index (χ2n) is 8.69. The van der Waals surface area contributed by atoms with Crippen molar-refractivity contribution >= 4 is 11.0 Å². The van der Waals surface area contributed by atoms with Gasteiger partial charge >= 0.3 is 0 Å². The summed E-state index contributed by atoms with van der Waals surface area (Å²) in [6.45, 7) is 7.34.